The van der Waals surface area contributed by atoms with E-state index in [9.17, 15) is 4.79 Å². The minimum absolute atomic E-state index is 0.131. The number of aromatic nitrogens is 1. The molecule has 2 N–H and O–H groups in total. The number of fused-ring (bicyclic) bond motifs is 1. The second-order valence-corrected chi connectivity index (χ2v) is 10.4. The van der Waals surface area contributed by atoms with Gasteiger partial charge in [0.2, 0.25) is 11.8 Å². The van der Waals surface area contributed by atoms with Crippen LogP contribution in [0.4, 0.5) is 5.69 Å². The molecule has 5 aromatic rings. The third-order valence-corrected chi connectivity index (χ3v) is 6.97. The number of benzene rings is 3. The zero-order valence-electron chi connectivity index (χ0n) is 20.6. The highest BCUT2D eigenvalue weighted by atomic mass is 35.5. The Hall–Kier alpha value is -3.62. The van der Waals surface area contributed by atoms with E-state index < -0.39 is 5.91 Å². The van der Waals surface area contributed by atoms with Crippen LogP contribution in [0, 0.1) is 13.8 Å². The van der Waals surface area contributed by atoms with E-state index in [1.54, 1.807) is 24.3 Å². The van der Waals surface area contributed by atoms with Crippen LogP contribution in [0.5, 0.6) is 0 Å². The number of anilines is 1. The van der Waals surface area contributed by atoms with Crippen molar-refractivity contribution in [1.82, 2.24) is 10.3 Å². The molecule has 196 valence electrons. The number of furan rings is 1. The molecule has 0 fully saturated rings. The summed E-state index contributed by atoms with van der Waals surface area (Å²) in [5, 5.41) is 7.33. The van der Waals surface area contributed by atoms with Gasteiger partial charge >= 0.3 is 0 Å². The quantitative estimate of drug-likeness (QED) is 0.156. The van der Waals surface area contributed by atoms with Crippen LogP contribution in [0.15, 0.2) is 75.6 Å². The van der Waals surface area contributed by atoms with Gasteiger partial charge in [0.05, 0.1) is 5.02 Å². The van der Waals surface area contributed by atoms with E-state index in [0.29, 0.717) is 54.8 Å². The lowest BCUT2D eigenvalue weighted by molar-refractivity contribution is -0.115. The Labute approximate surface area is 244 Å². The number of oxazole rings is 1. The standard InChI is InChI=1S/C29H20Cl3N3O3S/c1-15-3-5-17(11-21(15)31)25-9-7-20(37-25)8-10-26(36)35-29(39)34-23-12-18(6-4-16(23)2)28-33-24-14-19(30)13-22(32)27(24)38-28/h3-14H,1-2H3,(H2,34,35,36,39)/b10-8+. The summed E-state index contributed by atoms with van der Waals surface area (Å²) in [6, 6.07) is 18.1. The Balaban J connectivity index is 1.24. The van der Waals surface area contributed by atoms with E-state index >= 15 is 0 Å². The number of amides is 1. The molecule has 0 radical (unpaired) electrons. The zero-order valence-corrected chi connectivity index (χ0v) is 23.7. The molecule has 0 bridgehead atoms. The van der Waals surface area contributed by atoms with Crippen LogP contribution < -0.4 is 10.6 Å². The van der Waals surface area contributed by atoms with Gasteiger partial charge in [-0.25, -0.2) is 4.98 Å². The lowest BCUT2D eigenvalue weighted by atomic mass is 10.1. The summed E-state index contributed by atoms with van der Waals surface area (Å²) in [5.74, 6) is 1.12. The average molecular weight is 597 g/mol. The maximum Gasteiger partial charge on any atom is 0.250 e. The van der Waals surface area contributed by atoms with Crippen molar-refractivity contribution in [1.29, 1.82) is 0 Å². The van der Waals surface area contributed by atoms with E-state index in [2.05, 4.69) is 15.6 Å². The Morgan fingerprint density at radius 2 is 1.67 bits per heavy atom. The molecule has 1 amide bonds. The summed E-state index contributed by atoms with van der Waals surface area (Å²) in [6.45, 7) is 3.85. The molecule has 0 aliphatic carbocycles. The molecule has 3 aromatic carbocycles. The summed E-state index contributed by atoms with van der Waals surface area (Å²) in [5.41, 5.74) is 5.12. The number of hydrogen-bond donors (Lipinski definition) is 2. The van der Waals surface area contributed by atoms with Crippen LogP contribution in [-0.2, 0) is 4.79 Å². The number of carbonyl (C=O) groups is 1. The lowest BCUT2D eigenvalue weighted by Crippen LogP contribution is -2.33. The fraction of sp³-hybridized carbons (Fsp3) is 0.0690. The zero-order chi connectivity index (χ0) is 27.7. The molecule has 6 nitrogen and oxygen atoms in total. The normalized spacial score (nSPS) is 11.3. The summed E-state index contributed by atoms with van der Waals surface area (Å²) in [7, 11) is 0. The SMILES string of the molecule is Cc1ccc(-c2ccc(/C=C/C(=O)NC(=S)Nc3cc(-c4nc5cc(Cl)cc(Cl)c5o4)ccc3C)o2)cc1Cl. The number of halogens is 3. The topological polar surface area (TPSA) is 80.3 Å². The van der Waals surface area contributed by atoms with Gasteiger partial charge in [-0.3, -0.25) is 10.1 Å². The van der Waals surface area contributed by atoms with Gasteiger partial charge in [-0.2, -0.15) is 0 Å². The second kappa shape index (κ2) is 11.2. The molecule has 0 aliphatic rings. The summed E-state index contributed by atoms with van der Waals surface area (Å²) >= 11 is 23.9. The van der Waals surface area contributed by atoms with Crippen LogP contribution in [0.25, 0.3) is 40.0 Å². The van der Waals surface area contributed by atoms with E-state index in [4.69, 9.17) is 55.9 Å². The first-order valence-corrected chi connectivity index (χ1v) is 13.2. The third kappa shape index (κ3) is 6.18. The van der Waals surface area contributed by atoms with Crippen molar-refractivity contribution in [2.24, 2.45) is 0 Å². The number of carbonyl (C=O) groups excluding carboxylic acids is 1. The molecule has 2 heterocycles. The molecule has 10 heteroatoms. The maximum absolute atomic E-state index is 12.5. The van der Waals surface area contributed by atoms with E-state index in [0.717, 1.165) is 16.7 Å². The monoisotopic (exact) mass is 595 g/mol. The minimum atomic E-state index is -0.414. The molecule has 2 aromatic heterocycles. The first-order valence-electron chi connectivity index (χ1n) is 11.7. The van der Waals surface area contributed by atoms with Gasteiger partial charge in [-0.15, -0.1) is 0 Å². The average Bonchev–Trinajstić information content (AvgIpc) is 3.53. The molecular weight excluding hydrogens is 577 g/mol. The van der Waals surface area contributed by atoms with Gasteiger partial charge in [-0.1, -0.05) is 53.0 Å². The molecule has 0 unspecified atom stereocenters. The molecular formula is C29H20Cl3N3O3S. The Bertz CT molecular complexity index is 1770. The van der Waals surface area contributed by atoms with Gasteiger partial charge in [-0.05, 0) is 85.7 Å². The number of nitrogens with one attached hydrogen (secondary N) is 2. The van der Waals surface area contributed by atoms with E-state index in [1.165, 1.54) is 6.08 Å². The first kappa shape index (κ1) is 27.0. The third-order valence-electron chi connectivity index (χ3n) is 5.86. The summed E-state index contributed by atoms with van der Waals surface area (Å²) in [4.78, 5) is 17.0. The van der Waals surface area contributed by atoms with Crippen LogP contribution in [0.3, 0.4) is 0 Å². The number of rotatable bonds is 5. The van der Waals surface area contributed by atoms with E-state index in [-0.39, 0.29) is 5.11 Å². The predicted octanol–water partition coefficient (Wildman–Crippen LogP) is 8.86. The van der Waals surface area contributed by atoms with Crippen LogP contribution in [0.2, 0.25) is 15.1 Å². The molecule has 39 heavy (non-hydrogen) atoms. The molecule has 0 spiro atoms. The first-order chi connectivity index (χ1) is 18.7. The molecule has 0 saturated heterocycles. The molecule has 0 saturated carbocycles. The molecule has 5 rings (SSSR count). The van der Waals surface area contributed by atoms with Gasteiger partial charge in [0.25, 0.3) is 0 Å². The highest BCUT2D eigenvalue weighted by molar-refractivity contribution is 7.80. The largest absolute Gasteiger partial charge is 0.457 e. The Morgan fingerprint density at radius 3 is 2.46 bits per heavy atom. The second-order valence-electron chi connectivity index (χ2n) is 8.73. The highest BCUT2D eigenvalue weighted by Crippen LogP contribution is 2.33. The lowest BCUT2D eigenvalue weighted by Gasteiger charge is -2.11. The van der Waals surface area contributed by atoms with Crippen LogP contribution in [-0.4, -0.2) is 16.0 Å². The minimum Gasteiger partial charge on any atom is -0.457 e. The Morgan fingerprint density at radius 1 is 0.897 bits per heavy atom. The number of thiocarbonyl (C=S) groups is 1. The van der Waals surface area contributed by atoms with Crippen LogP contribution >= 0.6 is 47.0 Å². The van der Waals surface area contributed by atoms with Gasteiger partial charge in [0.1, 0.15) is 17.0 Å². The van der Waals surface area contributed by atoms with Gasteiger partial charge in [0.15, 0.2) is 10.7 Å². The highest BCUT2D eigenvalue weighted by Gasteiger charge is 2.14. The Kier molecular flexibility index (Phi) is 7.77. The van der Waals surface area contributed by atoms with E-state index in [1.807, 2.05) is 56.3 Å². The fourth-order valence-electron chi connectivity index (χ4n) is 3.78. The number of hydrogen-bond acceptors (Lipinski definition) is 5. The molecule has 0 atom stereocenters. The van der Waals surface area contributed by atoms with Crippen molar-refractivity contribution < 1.29 is 13.6 Å². The van der Waals surface area contributed by atoms with Gasteiger partial charge < -0.3 is 14.2 Å². The van der Waals surface area contributed by atoms with Crippen molar-refractivity contribution in [3.63, 3.8) is 0 Å². The molecule has 0 aliphatic heterocycles. The fourth-order valence-corrected chi connectivity index (χ4v) is 4.69. The number of aryl methyl sites for hydroxylation is 2. The van der Waals surface area contributed by atoms with Crippen LogP contribution in [0.1, 0.15) is 16.9 Å². The predicted molar refractivity (Wildman–Crippen MR) is 161 cm³/mol. The smallest absolute Gasteiger partial charge is 0.250 e. The van der Waals surface area contributed by atoms with Crippen molar-refractivity contribution in [3.8, 4) is 22.8 Å². The van der Waals surface area contributed by atoms with Crippen molar-refractivity contribution in [2.45, 2.75) is 13.8 Å². The summed E-state index contributed by atoms with van der Waals surface area (Å²) < 4.78 is 11.7. The maximum atomic E-state index is 12.5. The summed E-state index contributed by atoms with van der Waals surface area (Å²) in [6.07, 6.45) is 2.91. The van der Waals surface area contributed by atoms with Crippen molar-refractivity contribution in [2.75, 3.05) is 5.32 Å². The van der Waals surface area contributed by atoms with Crippen molar-refractivity contribution >= 4 is 80.9 Å². The number of nitrogens with zero attached hydrogens (tertiary/aromatic N) is 1. The van der Waals surface area contributed by atoms with Gasteiger partial charge in [0, 0.05) is 32.9 Å². The van der Waals surface area contributed by atoms with Crippen molar-refractivity contribution in [3.05, 3.63) is 98.7 Å².